The second kappa shape index (κ2) is 15.7. The third-order valence-electron chi connectivity index (χ3n) is 7.66. The molecule has 0 radical (unpaired) electrons. The van der Waals surface area contributed by atoms with Gasteiger partial charge < -0.3 is 87.6 Å². The van der Waals surface area contributed by atoms with Crippen molar-refractivity contribution in [3.8, 4) is 0 Å². The molecule has 2 saturated heterocycles. The minimum Gasteiger partial charge on any atom is -0.395 e. The van der Waals surface area contributed by atoms with Crippen LogP contribution in [0.2, 0.25) is 0 Å². The molecule has 16 N–H and O–H groups in total. The quantitative estimate of drug-likeness (QED) is 0.0892. The molecule has 2 aliphatic heterocycles. The van der Waals surface area contributed by atoms with Crippen LogP contribution in [0.1, 0.15) is 12.8 Å². The van der Waals surface area contributed by atoms with Gasteiger partial charge in [-0.3, -0.25) is 0 Å². The lowest BCUT2D eigenvalue weighted by atomic mass is 9.83. The Bertz CT molecular complexity index is 742. The van der Waals surface area contributed by atoms with Gasteiger partial charge in [0.25, 0.3) is 0 Å². The van der Waals surface area contributed by atoms with Crippen molar-refractivity contribution in [2.45, 2.75) is 104 Å². The number of aliphatic hydroxyl groups is 8. The van der Waals surface area contributed by atoms with E-state index in [0.717, 1.165) is 0 Å². The molecular formula is C23H47N5O12. The highest BCUT2D eigenvalue weighted by Gasteiger charge is 2.51. The molecule has 0 bridgehead atoms. The first-order valence-electron chi connectivity index (χ1n) is 13.6. The smallest absolute Gasteiger partial charge is 0.186 e. The molecule has 3 aliphatic rings. The molecule has 0 aromatic carbocycles. The minimum absolute atomic E-state index is 0.0995. The zero-order chi connectivity index (χ0) is 29.6. The first-order valence-corrected chi connectivity index (χ1v) is 13.6. The number of hydrogen-bond donors (Lipinski definition) is 13. The Morgan fingerprint density at radius 3 is 2.05 bits per heavy atom. The fourth-order valence-corrected chi connectivity index (χ4v) is 5.31. The van der Waals surface area contributed by atoms with Crippen molar-refractivity contribution in [2.75, 3.05) is 39.5 Å². The Morgan fingerprint density at radius 1 is 0.775 bits per heavy atom. The maximum absolute atomic E-state index is 11.4. The molecule has 0 spiro atoms. The summed E-state index contributed by atoms with van der Waals surface area (Å²) in [5, 5.41) is 86.3. The van der Waals surface area contributed by atoms with Crippen LogP contribution in [0.3, 0.4) is 0 Å². The molecule has 1 aliphatic carbocycles. The molecule has 0 aromatic rings. The molecule has 0 unspecified atom stereocenters. The molecule has 14 atom stereocenters. The van der Waals surface area contributed by atoms with E-state index in [1.54, 1.807) is 0 Å². The van der Waals surface area contributed by atoms with Crippen LogP contribution in [-0.2, 0) is 18.9 Å². The van der Waals surface area contributed by atoms with Crippen molar-refractivity contribution in [1.29, 1.82) is 0 Å². The topological polar surface area (TPSA) is 301 Å². The fourth-order valence-electron chi connectivity index (χ4n) is 5.31. The van der Waals surface area contributed by atoms with Gasteiger partial charge in [-0.15, -0.1) is 0 Å². The number of hydrogen-bond acceptors (Lipinski definition) is 17. The van der Waals surface area contributed by atoms with Gasteiger partial charge >= 0.3 is 0 Å². The molecule has 2 heterocycles. The Labute approximate surface area is 232 Å². The largest absolute Gasteiger partial charge is 0.395 e. The number of nitrogens with two attached hydrogens (primary N) is 3. The summed E-state index contributed by atoms with van der Waals surface area (Å²) >= 11 is 0. The van der Waals surface area contributed by atoms with Crippen LogP contribution in [-0.4, -0.2) is 172 Å². The van der Waals surface area contributed by atoms with Crippen molar-refractivity contribution in [1.82, 2.24) is 10.6 Å². The third kappa shape index (κ3) is 8.03. The zero-order valence-corrected chi connectivity index (χ0v) is 22.3. The van der Waals surface area contributed by atoms with Crippen LogP contribution < -0.4 is 27.8 Å². The standard InChI is InChI=1S/C23H47N5O12/c24-10-3-12(28-9(6-30)7-31)21(40-23-18(35)16(26)17(34)15(8-32)38-23)19(36)20(10)39-22-11(25)4-13(33)14(37-22)5-27-1-2-29/h9-23,27-36H,1-8,24-26H2/t10-,11+,12+,13-,14+,15+,16-,17+,18+,19-,20+,21-,22+,23+/m0/s1. The summed E-state index contributed by atoms with van der Waals surface area (Å²) in [7, 11) is 0. The zero-order valence-electron chi connectivity index (χ0n) is 22.3. The van der Waals surface area contributed by atoms with Gasteiger partial charge in [-0.2, -0.15) is 0 Å². The van der Waals surface area contributed by atoms with Gasteiger partial charge in [0.2, 0.25) is 0 Å². The Hall–Kier alpha value is -0.680. The molecule has 17 nitrogen and oxygen atoms in total. The van der Waals surface area contributed by atoms with Crippen LogP contribution >= 0.6 is 0 Å². The molecular weight excluding hydrogens is 538 g/mol. The van der Waals surface area contributed by atoms with Gasteiger partial charge in [0.15, 0.2) is 12.6 Å². The van der Waals surface area contributed by atoms with Gasteiger partial charge in [-0.05, 0) is 12.8 Å². The second-order valence-electron chi connectivity index (χ2n) is 10.6. The highest BCUT2D eigenvalue weighted by molar-refractivity contribution is 5.03. The number of rotatable bonds is 13. The fraction of sp³-hybridized carbons (Fsp3) is 1.00. The Balaban J connectivity index is 1.79. The normalized spacial score (nSPS) is 44.7. The Morgan fingerprint density at radius 2 is 1.43 bits per heavy atom. The molecule has 3 rings (SSSR count). The van der Waals surface area contributed by atoms with Crippen LogP contribution in [0.4, 0.5) is 0 Å². The predicted octanol–water partition coefficient (Wildman–Crippen LogP) is -7.69. The monoisotopic (exact) mass is 585 g/mol. The highest BCUT2D eigenvalue weighted by Crippen LogP contribution is 2.31. The van der Waals surface area contributed by atoms with Crippen molar-refractivity contribution in [2.24, 2.45) is 17.2 Å². The molecule has 0 aromatic heterocycles. The van der Waals surface area contributed by atoms with Crippen LogP contribution in [0.15, 0.2) is 0 Å². The molecule has 236 valence electrons. The van der Waals surface area contributed by atoms with E-state index in [4.69, 9.17) is 41.3 Å². The minimum atomic E-state index is -1.53. The average molecular weight is 586 g/mol. The number of ether oxygens (including phenoxy) is 4. The summed E-state index contributed by atoms with van der Waals surface area (Å²) in [6, 6.07) is -4.37. The van der Waals surface area contributed by atoms with Crippen LogP contribution in [0, 0.1) is 0 Å². The average Bonchev–Trinajstić information content (AvgIpc) is 2.93. The third-order valence-corrected chi connectivity index (χ3v) is 7.66. The first-order chi connectivity index (χ1) is 19.1. The Kier molecular flexibility index (Phi) is 13.3. The summed E-state index contributed by atoms with van der Waals surface area (Å²) in [4.78, 5) is 0. The molecule has 17 heteroatoms. The molecule has 0 amide bonds. The van der Waals surface area contributed by atoms with Gasteiger partial charge in [0.05, 0.1) is 56.8 Å². The summed E-state index contributed by atoms with van der Waals surface area (Å²) in [6.45, 7) is -1.08. The highest BCUT2D eigenvalue weighted by atomic mass is 16.7. The molecule has 3 fully saturated rings. The van der Waals surface area contributed by atoms with E-state index in [1.165, 1.54) is 0 Å². The van der Waals surface area contributed by atoms with Crippen LogP contribution in [0.25, 0.3) is 0 Å². The van der Waals surface area contributed by atoms with E-state index in [-0.39, 0.29) is 26.0 Å². The van der Waals surface area contributed by atoms with E-state index < -0.39 is 111 Å². The van der Waals surface area contributed by atoms with Crippen molar-refractivity contribution < 1.29 is 59.8 Å². The summed E-state index contributed by atoms with van der Waals surface area (Å²) < 4.78 is 23.4. The van der Waals surface area contributed by atoms with Crippen molar-refractivity contribution >= 4 is 0 Å². The van der Waals surface area contributed by atoms with E-state index >= 15 is 0 Å². The summed E-state index contributed by atoms with van der Waals surface area (Å²) in [5.74, 6) is 0. The lowest BCUT2D eigenvalue weighted by molar-refractivity contribution is -0.316. The van der Waals surface area contributed by atoms with Crippen molar-refractivity contribution in [3.63, 3.8) is 0 Å². The van der Waals surface area contributed by atoms with Crippen LogP contribution in [0.5, 0.6) is 0 Å². The second-order valence-corrected chi connectivity index (χ2v) is 10.6. The SMILES string of the molecule is N[C@@H]1[C@@H](O)[C@@H](O[C@@H]2[C@@H](O)[C@H](O[C@H]3O[C@H](CNCCO)[C@@H](O)C[C@H]3N)[C@@H](N)C[C@H]2NC(CO)CO)O[C@H](CO)[C@H]1O. The maximum atomic E-state index is 11.4. The van der Waals surface area contributed by atoms with Crippen molar-refractivity contribution in [3.05, 3.63) is 0 Å². The van der Waals surface area contributed by atoms with Gasteiger partial charge in [-0.1, -0.05) is 0 Å². The van der Waals surface area contributed by atoms with Gasteiger partial charge in [0, 0.05) is 25.2 Å². The van der Waals surface area contributed by atoms with Gasteiger partial charge in [-0.25, -0.2) is 0 Å². The lowest BCUT2D eigenvalue weighted by Crippen LogP contribution is -2.69. The maximum Gasteiger partial charge on any atom is 0.186 e. The van der Waals surface area contributed by atoms with E-state index in [2.05, 4.69) is 10.6 Å². The lowest BCUT2D eigenvalue weighted by Gasteiger charge is -2.49. The van der Waals surface area contributed by atoms with Gasteiger partial charge in [0.1, 0.15) is 36.6 Å². The first kappa shape index (κ1) is 33.8. The number of nitrogens with one attached hydrogen (secondary N) is 2. The van der Waals surface area contributed by atoms with E-state index in [1.807, 2.05) is 0 Å². The van der Waals surface area contributed by atoms with E-state index in [9.17, 15) is 35.7 Å². The molecule has 1 saturated carbocycles. The van der Waals surface area contributed by atoms with E-state index in [0.29, 0.717) is 6.54 Å². The molecule has 40 heavy (non-hydrogen) atoms. The summed E-state index contributed by atoms with van der Waals surface area (Å²) in [6.07, 6.45) is -11.8. The predicted molar refractivity (Wildman–Crippen MR) is 136 cm³/mol. The number of aliphatic hydroxyl groups excluding tert-OH is 8. The summed E-state index contributed by atoms with van der Waals surface area (Å²) in [5.41, 5.74) is 18.5.